The molecule has 0 aromatic rings. The van der Waals surface area contributed by atoms with Crippen LogP contribution in [0.2, 0.25) is 0 Å². The van der Waals surface area contributed by atoms with Crippen molar-refractivity contribution in [2.24, 2.45) is 11.8 Å². The number of methoxy groups -OCH3 is 1. The molecule has 1 rings (SSSR count). The summed E-state index contributed by atoms with van der Waals surface area (Å²) in [5.41, 5.74) is -2.56. The fourth-order valence-electron chi connectivity index (χ4n) is 3.48. The molecule has 0 aromatic carbocycles. The number of rotatable bonds is 13. The third kappa shape index (κ3) is 9.02. The highest BCUT2D eigenvalue weighted by molar-refractivity contribution is 5.84. The zero-order chi connectivity index (χ0) is 24.6. The molecule has 1 aliphatic carbocycles. The number of unbranched alkanes of at least 4 members (excludes halogenated alkanes) is 3. The lowest BCUT2D eigenvalue weighted by Crippen LogP contribution is -2.23. The molecule has 27 heavy (non-hydrogen) atoms. The summed E-state index contributed by atoms with van der Waals surface area (Å²) in [5.74, 6) is -1.18. The molecule has 4 atom stereocenters. The Bertz CT molecular complexity index is 649. The Morgan fingerprint density at radius 2 is 2.11 bits per heavy atom. The SMILES string of the molecule is [2H]C([2H])([2H])C(O)(C/C=C/[C@H]1[C@H](O)CC(=O)[C@@H]1CCCCCCC(=O)OC)C([2H])([2H])CCC. The summed E-state index contributed by atoms with van der Waals surface area (Å²) >= 11 is 0. The number of Topliss-reactive ketones (excluding diaryl/α,β-unsaturated/α-hetero) is 1. The standard InChI is InChI=1S/C22H38O5/c1-4-5-14-22(2,26)15-10-12-18-17(19(23)16-20(18)24)11-8-6-7-9-13-21(25)27-3/h10,12,17-18,20,24,26H,4-9,11,13-16H2,1-3H3/b12-10+/t17-,18-,20-,22?/m1/s1/i2D3,14D2. The van der Waals surface area contributed by atoms with Gasteiger partial charge in [-0.15, -0.1) is 0 Å². The van der Waals surface area contributed by atoms with E-state index in [1.807, 2.05) is 0 Å². The van der Waals surface area contributed by atoms with Crippen molar-refractivity contribution in [3.05, 3.63) is 12.2 Å². The maximum absolute atomic E-state index is 12.4. The number of aliphatic hydroxyl groups is 2. The maximum Gasteiger partial charge on any atom is 0.305 e. The van der Waals surface area contributed by atoms with E-state index in [1.165, 1.54) is 13.2 Å². The second kappa shape index (κ2) is 12.3. The van der Waals surface area contributed by atoms with E-state index < -0.39 is 43.2 Å². The van der Waals surface area contributed by atoms with Gasteiger partial charge in [-0.2, -0.15) is 0 Å². The van der Waals surface area contributed by atoms with Gasteiger partial charge in [0, 0.05) is 31.5 Å². The molecule has 0 aliphatic heterocycles. The Labute approximate surface area is 171 Å². The molecule has 5 heteroatoms. The van der Waals surface area contributed by atoms with Crippen LogP contribution in [0.4, 0.5) is 0 Å². The molecule has 0 saturated heterocycles. The minimum Gasteiger partial charge on any atom is -0.469 e. The van der Waals surface area contributed by atoms with E-state index in [0.29, 0.717) is 25.7 Å². The maximum atomic E-state index is 12.4. The average Bonchev–Trinajstić information content (AvgIpc) is 2.95. The van der Waals surface area contributed by atoms with Crippen LogP contribution >= 0.6 is 0 Å². The number of hydrogen-bond acceptors (Lipinski definition) is 5. The van der Waals surface area contributed by atoms with Gasteiger partial charge >= 0.3 is 5.97 Å². The number of ketones is 1. The monoisotopic (exact) mass is 387 g/mol. The minimum absolute atomic E-state index is 0.0300. The number of carbonyl (C=O) groups excluding carboxylic acids is 2. The van der Waals surface area contributed by atoms with E-state index >= 15 is 0 Å². The van der Waals surface area contributed by atoms with Gasteiger partial charge in [0.25, 0.3) is 0 Å². The molecule has 0 aromatic heterocycles. The molecular formula is C22H38O5. The van der Waals surface area contributed by atoms with E-state index in [9.17, 15) is 19.8 Å². The first-order chi connectivity index (χ1) is 14.8. The van der Waals surface area contributed by atoms with Crippen LogP contribution in [0.5, 0.6) is 0 Å². The number of hydrogen-bond donors (Lipinski definition) is 2. The Morgan fingerprint density at radius 1 is 1.37 bits per heavy atom. The van der Waals surface area contributed by atoms with E-state index in [4.69, 9.17) is 6.85 Å². The Balaban J connectivity index is 2.75. The summed E-state index contributed by atoms with van der Waals surface area (Å²) in [5, 5.41) is 21.1. The number of esters is 1. The van der Waals surface area contributed by atoms with Crippen molar-refractivity contribution in [2.75, 3.05) is 7.11 Å². The summed E-state index contributed by atoms with van der Waals surface area (Å²) in [4.78, 5) is 23.5. The average molecular weight is 388 g/mol. The van der Waals surface area contributed by atoms with Gasteiger partial charge in [-0.05, 0) is 32.5 Å². The van der Waals surface area contributed by atoms with Gasteiger partial charge in [0.15, 0.2) is 0 Å². The van der Waals surface area contributed by atoms with Crippen molar-refractivity contribution in [2.45, 2.75) is 96.1 Å². The molecule has 0 radical (unpaired) electrons. The van der Waals surface area contributed by atoms with Crippen molar-refractivity contribution in [1.82, 2.24) is 0 Å². The number of carbonyl (C=O) groups is 2. The molecule has 1 fully saturated rings. The second-order valence-corrected chi connectivity index (χ2v) is 7.37. The lowest BCUT2D eigenvalue weighted by atomic mass is 9.87. The third-order valence-corrected chi connectivity index (χ3v) is 5.05. The smallest absolute Gasteiger partial charge is 0.305 e. The molecule has 5 nitrogen and oxygen atoms in total. The van der Waals surface area contributed by atoms with Gasteiger partial charge in [0.05, 0.1) is 18.8 Å². The first-order valence-corrected chi connectivity index (χ1v) is 9.97. The normalized spacial score (nSPS) is 28.8. The Hall–Kier alpha value is -1.20. The van der Waals surface area contributed by atoms with E-state index in [1.54, 1.807) is 13.0 Å². The quantitative estimate of drug-likeness (QED) is 0.284. The highest BCUT2D eigenvalue weighted by atomic mass is 16.5. The molecule has 0 amide bonds. The van der Waals surface area contributed by atoms with Crippen molar-refractivity contribution in [3.8, 4) is 0 Å². The van der Waals surface area contributed by atoms with Crippen LogP contribution in [0.25, 0.3) is 0 Å². The minimum atomic E-state index is -2.93. The van der Waals surface area contributed by atoms with Crippen LogP contribution in [0, 0.1) is 11.8 Å². The molecule has 1 aliphatic rings. The zero-order valence-corrected chi connectivity index (χ0v) is 16.6. The summed E-state index contributed by atoms with van der Waals surface area (Å²) < 4.78 is 43.9. The van der Waals surface area contributed by atoms with Gasteiger partial charge in [-0.3, -0.25) is 9.59 Å². The fraction of sp³-hybridized carbons (Fsp3) is 0.818. The van der Waals surface area contributed by atoms with Crippen molar-refractivity contribution < 1.29 is 31.4 Å². The molecular weight excluding hydrogens is 344 g/mol. The van der Waals surface area contributed by atoms with Crippen molar-refractivity contribution >= 4 is 11.8 Å². The molecule has 0 spiro atoms. The first-order valence-electron chi connectivity index (χ1n) is 12.5. The Kier molecular flexibility index (Phi) is 7.62. The lowest BCUT2D eigenvalue weighted by molar-refractivity contribution is -0.140. The van der Waals surface area contributed by atoms with Gasteiger partial charge in [0.1, 0.15) is 5.78 Å². The summed E-state index contributed by atoms with van der Waals surface area (Å²) in [6, 6.07) is 0. The first kappa shape index (κ1) is 16.7. The van der Waals surface area contributed by atoms with E-state index in [2.05, 4.69) is 4.74 Å². The largest absolute Gasteiger partial charge is 0.469 e. The van der Waals surface area contributed by atoms with Crippen LogP contribution < -0.4 is 0 Å². The van der Waals surface area contributed by atoms with Gasteiger partial charge < -0.3 is 14.9 Å². The van der Waals surface area contributed by atoms with Gasteiger partial charge in [0.2, 0.25) is 0 Å². The zero-order valence-electron chi connectivity index (χ0n) is 21.6. The molecule has 2 N–H and O–H groups in total. The molecule has 156 valence electrons. The highest BCUT2D eigenvalue weighted by Crippen LogP contribution is 2.34. The number of ether oxygens (including phenoxy) is 1. The van der Waals surface area contributed by atoms with Crippen molar-refractivity contribution in [3.63, 3.8) is 0 Å². The van der Waals surface area contributed by atoms with Crippen LogP contribution in [0.15, 0.2) is 12.2 Å². The predicted octanol–water partition coefficient (Wildman–Crippen LogP) is 3.95. The van der Waals surface area contributed by atoms with Crippen LogP contribution in [0.3, 0.4) is 0 Å². The van der Waals surface area contributed by atoms with Crippen molar-refractivity contribution in [1.29, 1.82) is 0 Å². The highest BCUT2D eigenvalue weighted by Gasteiger charge is 2.39. The molecule has 0 heterocycles. The topological polar surface area (TPSA) is 83.8 Å². The molecule has 1 unspecified atom stereocenters. The molecule has 1 saturated carbocycles. The number of aliphatic hydroxyl groups excluding tert-OH is 1. The van der Waals surface area contributed by atoms with Gasteiger partial charge in [-0.1, -0.05) is 51.2 Å². The van der Waals surface area contributed by atoms with Gasteiger partial charge in [-0.25, -0.2) is 0 Å². The van der Waals surface area contributed by atoms with Crippen LogP contribution in [-0.4, -0.2) is 40.8 Å². The van der Waals surface area contributed by atoms with E-state index in [0.717, 1.165) is 19.3 Å². The Morgan fingerprint density at radius 3 is 2.78 bits per heavy atom. The third-order valence-electron chi connectivity index (χ3n) is 5.05. The fourth-order valence-corrected chi connectivity index (χ4v) is 3.48. The molecule has 0 bridgehead atoms. The second-order valence-electron chi connectivity index (χ2n) is 7.37. The van der Waals surface area contributed by atoms with Crippen LogP contribution in [0.1, 0.15) is 91.2 Å². The summed E-state index contributed by atoms with van der Waals surface area (Å²) in [6.07, 6.45) is 3.72. The summed E-state index contributed by atoms with van der Waals surface area (Å²) in [6.45, 7) is -1.21. The van der Waals surface area contributed by atoms with Crippen LogP contribution in [-0.2, 0) is 14.3 Å². The predicted molar refractivity (Wildman–Crippen MR) is 106 cm³/mol. The summed E-state index contributed by atoms with van der Waals surface area (Å²) in [7, 11) is 1.35. The van der Waals surface area contributed by atoms with E-state index in [-0.39, 0.29) is 24.6 Å². The lowest BCUT2D eigenvalue weighted by Gasteiger charge is -2.22.